The molecule has 1 N–H and O–H groups in total. The highest BCUT2D eigenvalue weighted by Gasteiger charge is 2.34. The number of ether oxygens (including phenoxy) is 1. The van der Waals surface area contributed by atoms with Gasteiger partial charge >= 0.3 is 0 Å². The molecule has 0 radical (unpaired) electrons. The fraction of sp³-hybridized carbons (Fsp3) is 0.421. The summed E-state index contributed by atoms with van der Waals surface area (Å²) < 4.78 is 7.60. The van der Waals surface area contributed by atoms with Gasteiger partial charge in [0.15, 0.2) is 5.82 Å². The molecule has 1 fully saturated rings. The molecule has 3 aromatic heterocycles. The molecule has 1 aliphatic heterocycles. The van der Waals surface area contributed by atoms with Crippen LogP contribution in [0, 0.1) is 6.92 Å². The number of imidazole rings is 1. The summed E-state index contributed by atoms with van der Waals surface area (Å²) in [7, 11) is 5.59. The Bertz CT molecular complexity index is 956. The van der Waals surface area contributed by atoms with Gasteiger partial charge in [-0.3, -0.25) is 4.57 Å². The van der Waals surface area contributed by atoms with Crippen molar-refractivity contribution in [3.63, 3.8) is 0 Å². The molecule has 0 bridgehead atoms. The van der Waals surface area contributed by atoms with Crippen LogP contribution in [-0.2, 0) is 4.74 Å². The number of methoxy groups -OCH3 is 1. The fourth-order valence-electron chi connectivity index (χ4n) is 3.41. The van der Waals surface area contributed by atoms with Crippen LogP contribution in [0.1, 0.15) is 5.82 Å². The average Bonchev–Trinajstić information content (AvgIpc) is 3.35. The summed E-state index contributed by atoms with van der Waals surface area (Å²) in [6, 6.07) is 5.83. The Labute approximate surface area is 169 Å². The lowest BCUT2D eigenvalue weighted by Crippen LogP contribution is -2.34. The third-order valence-electron chi connectivity index (χ3n) is 4.98. The number of anilines is 3. The van der Waals surface area contributed by atoms with Crippen molar-refractivity contribution in [3.05, 3.63) is 42.6 Å². The zero-order valence-corrected chi connectivity index (χ0v) is 17.0. The third-order valence-corrected chi connectivity index (χ3v) is 4.98. The predicted octanol–water partition coefficient (Wildman–Crippen LogP) is 1.14. The quantitative estimate of drug-likeness (QED) is 0.659. The predicted molar refractivity (Wildman–Crippen MR) is 111 cm³/mol. The van der Waals surface area contributed by atoms with E-state index in [1.54, 1.807) is 19.5 Å². The minimum atomic E-state index is 0.00476. The number of nitrogens with zero attached hydrogens (tertiary/aromatic N) is 8. The van der Waals surface area contributed by atoms with Crippen molar-refractivity contribution in [1.29, 1.82) is 0 Å². The highest BCUT2D eigenvalue weighted by molar-refractivity contribution is 5.47. The molecule has 0 aliphatic carbocycles. The lowest BCUT2D eigenvalue weighted by molar-refractivity contribution is 0.113. The van der Waals surface area contributed by atoms with E-state index in [1.165, 1.54) is 0 Å². The number of rotatable bonds is 6. The molecular formula is C19H25N9O. The molecule has 10 nitrogen and oxygen atoms in total. The van der Waals surface area contributed by atoms with Crippen molar-refractivity contribution in [3.8, 4) is 5.82 Å². The Morgan fingerprint density at radius 1 is 1.07 bits per heavy atom. The summed E-state index contributed by atoms with van der Waals surface area (Å²) >= 11 is 0. The molecule has 0 spiro atoms. The minimum Gasteiger partial charge on any atom is -0.377 e. The Kier molecular flexibility index (Phi) is 5.26. The number of hydrogen-bond donors (Lipinski definition) is 1. The van der Waals surface area contributed by atoms with Crippen LogP contribution in [-0.4, -0.2) is 76.2 Å². The first-order valence-electron chi connectivity index (χ1n) is 9.44. The average molecular weight is 395 g/mol. The maximum Gasteiger partial charge on any atom is 0.226 e. The Morgan fingerprint density at radius 3 is 2.59 bits per heavy atom. The Morgan fingerprint density at radius 2 is 1.93 bits per heavy atom. The summed E-state index contributed by atoms with van der Waals surface area (Å²) in [5.74, 6) is 3.88. The molecular weight excluding hydrogens is 370 g/mol. The zero-order chi connectivity index (χ0) is 20.4. The Hall–Kier alpha value is -3.27. The van der Waals surface area contributed by atoms with E-state index in [0.29, 0.717) is 11.8 Å². The molecule has 2 atom stereocenters. The molecule has 152 valence electrons. The SMILES string of the molecule is CO[C@@H]1CN(c2ccnc(N(C)C)n2)C[C@@H]1Nc1ccc(-n2ccnc2C)nn1. The van der Waals surface area contributed by atoms with Crippen molar-refractivity contribution in [2.75, 3.05) is 49.4 Å². The van der Waals surface area contributed by atoms with Crippen molar-refractivity contribution in [2.24, 2.45) is 0 Å². The number of nitrogens with one attached hydrogen (secondary N) is 1. The number of aromatic nitrogens is 6. The van der Waals surface area contributed by atoms with Crippen LogP contribution < -0.4 is 15.1 Å². The van der Waals surface area contributed by atoms with Gasteiger partial charge in [0.25, 0.3) is 0 Å². The topological polar surface area (TPSA) is 97.1 Å². The first-order chi connectivity index (χ1) is 14.0. The Balaban J connectivity index is 1.47. The second kappa shape index (κ2) is 8.00. The highest BCUT2D eigenvalue weighted by atomic mass is 16.5. The van der Waals surface area contributed by atoms with E-state index in [4.69, 9.17) is 4.74 Å². The molecule has 4 rings (SSSR count). The minimum absolute atomic E-state index is 0.00476. The summed E-state index contributed by atoms with van der Waals surface area (Å²) in [6.07, 6.45) is 5.40. The van der Waals surface area contributed by atoms with Gasteiger partial charge in [0, 0.05) is 52.9 Å². The molecule has 1 saturated heterocycles. The molecule has 0 unspecified atom stereocenters. The third kappa shape index (κ3) is 3.97. The second-order valence-electron chi connectivity index (χ2n) is 7.16. The lowest BCUT2D eigenvalue weighted by atomic mass is 10.2. The summed E-state index contributed by atoms with van der Waals surface area (Å²) in [5, 5.41) is 12.1. The van der Waals surface area contributed by atoms with E-state index in [2.05, 4.69) is 35.4 Å². The molecule has 1 aliphatic rings. The van der Waals surface area contributed by atoms with Gasteiger partial charge in [-0.1, -0.05) is 0 Å². The molecule has 3 aromatic rings. The van der Waals surface area contributed by atoms with Gasteiger partial charge in [0.05, 0.1) is 12.1 Å². The summed E-state index contributed by atoms with van der Waals surface area (Å²) in [6.45, 7) is 3.41. The van der Waals surface area contributed by atoms with Crippen molar-refractivity contribution >= 4 is 17.6 Å². The highest BCUT2D eigenvalue weighted by Crippen LogP contribution is 2.23. The van der Waals surface area contributed by atoms with Gasteiger partial charge < -0.3 is 19.9 Å². The van der Waals surface area contributed by atoms with Gasteiger partial charge in [-0.25, -0.2) is 9.97 Å². The van der Waals surface area contributed by atoms with Gasteiger partial charge in [-0.15, -0.1) is 10.2 Å². The van der Waals surface area contributed by atoms with Crippen LogP contribution in [0.15, 0.2) is 36.8 Å². The van der Waals surface area contributed by atoms with E-state index in [0.717, 1.165) is 30.5 Å². The van der Waals surface area contributed by atoms with Crippen molar-refractivity contribution < 1.29 is 4.74 Å². The number of hydrogen-bond acceptors (Lipinski definition) is 9. The normalized spacial score (nSPS) is 18.8. The smallest absolute Gasteiger partial charge is 0.226 e. The van der Waals surface area contributed by atoms with Gasteiger partial charge in [0.2, 0.25) is 5.95 Å². The maximum atomic E-state index is 5.71. The second-order valence-corrected chi connectivity index (χ2v) is 7.16. The van der Waals surface area contributed by atoms with E-state index >= 15 is 0 Å². The summed E-state index contributed by atoms with van der Waals surface area (Å²) in [4.78, 5) is 17.2. The van der Waals surface area contributed by atoms with Gasteiger partial charge in [-0.2, -0.15) is 4.98 Å². The molecule has 4 heterocycles. The first kappa shape index (κ1) is 19.1. The molecule has 0 saturated carbocycles. The van der Waals surface area contributed by atoms with Crippen LogP contribution >= 0.6 is 0 Å². The zero-order valence-electron chi connectivity index (χ0n) is 17.0. The van der Waals surface area contributed by atoms with Gasteiger partial charge in [-0.05, 0) is 25.1 Å². The van der Waals surface area contributed by atoms with Crippen LogP contribution in [0.2, 0.25) is 0 Å². The standard InChI is InChI=1S/C19H25N9O/c1-13-20-9-10-28(13)18-6-5-16(24-25-18)22-14-11-27(12-15(14)29-4)17-7-8-21-19(23-17)26(2)3/h5-10,14-15H,11-12H2,1-4H3,(H,22,24)/t14-,15+/m0/s1. The monoisotopic (exact) mass is 395 g/mol. The fourth-order valence-corrected chi connectivity index (χ4v) is 3.41. The summed E-state index contributed by atoms with van der Waals surface area (Å²) in [5.41, 5.74) is 0. The first-order valence-corrected chi connectivity index (χ1v) is 9.44. The maximum absolute atomic E-state index is 5.71. The molecule has 0 amide bonds. The molecule has 0 aromatic carbocycles. The van der Waals surface area contributed by atoms with E-state index in [1.807, 2.05) is 54.9 Å². The largest absolute Gasteiger partial charge is 0.377 e. The van der Waals surface area contributed by atoms with Crippen LogP contribution in [0.3, 0.4) is 0 Å². The van der Waals surface area contributed by atoms with Gasteiger partial charge in [0.1, 0.15) is 17.5 Å². The molecule has 29 heavy (non-hydrogen) atoms. The molecule has 10 heteroatoms. The van der Waals surface area contributed by atoms with E-state index in [-0.39, 0.29) is 12.1 Å². The van der Waals surface area contributed by atoms with E-state index < -0.39 is 0 Å². The van der Waals surface area contributed by atoms with Crippen molar-refractivity contribution in [1.82, 2.24) is 29.7 Å². The van der Waals surface area contributed by atoms with E-state index in [9.17, 15) is 0 Å². The number of aryl methyl sites for hydroxylation is 1. The van der Waals surface area contributed by atoms with Crippen LogP contribution in [0.25, 0.3) is 5.82 Å². The van der Waals surface area contributed by atoms with Crippen LogP contribution in [0.5, 0.6) is 0 Å². The lowest BCUT2D eigenvalue weighted by Gasteiger charge is -2.19. The van der Waals surface area contributed by atoms with Crippen molar-refractivity contribution in [2.45, 2.75) is 19.1 Å². The van der Waals surface area contributed by atoms with Crippen LogP contribution in [0.4, 0.5) is 17.6 Å².